The molecule has 3 rings (SSSR count). The third-order valence-electron chi connectivity index (χ3n) is 3.99. The highest BCUT2D eigenvalue weighted by Gasteiger charge is 2.13. The Morgan fingerprint density at radius 2 is 2.00 bits per heavy atom. The van der Waals surface area contributed by atoms with E-state index in [1.54, 1.807) is 18.0 Å². The van der Waals surface area contributed by atoms with E-state index in [0.717, 1.165) is 5.56 Å². The number of carbonyl (C=O) groups is 1. The molecule has 1 heterocycles. The summed E-state index contributed by atoms with van der Waals surface area (Å²) in [4.78, 5) is 31.8. The van der Waals surface area contributed by atoms with E-state index in [0.29, 0.717) is 36.2 Å². The molecule has 0 aliphatic rings. The van der Waals surface area contributed by atoms with Crippen LogP contribution in [0, 0.1) is 10.1 Å². The van der Waals surface area contributed by atoms with Crippen molar-refractivity contribution in [1.29, 1.82) is 0 Å². The van der Waals surface area contributed by atoms with Crippen molar-refractivity contribution in [3.8, 4) is 0 Å². The zero-order valence-corrected chi connectivity index (χ0v) is 13.8. The Bertz CT molecular complexity index is 905. The number of benzene rings is 2. The number of H-pyrrole nitrogens is 1. The molecular formula is C18H18N4O3. The number of nitro benzene ring substituents is 1. The van der Waals surface area contributed by atoms with Crippen LogP contribution in [-0.4, -0.2) is 32.7 Å². The minimum Gasteiger partial charge on any atom is -0.342 e. The summed E-state index contributed by atoms with van der Waals surface area (Å²) in [5.74, 6) is 0.673. The number of nitrogens with zero attached hydrogens (tertiary/aromatic N) is 3. The second kappa shape index (κ2) is 7.12. The molecule has 1 amide bonds. The SMILES string of the molecule is CN(Cc1ccccc1)C(=O)CCc1nc2ccc([N+](=O)[O-])cc2[nH]1. The van der Waals surface area contributed by atoms with E-state index in [4.69, 9.17) is 0 Å². The number of non-ortho nitro benzene ring substituents is 1. The van der Waals surface area contributed by atoms with Crippen molar-refractivity contribution < 1.29 is 9.72 Å². The molecule has 1 aromatic heterocycles. The summed E-state index contributed by atoms with van der Waals surface area (Å²) in [6.07, 6.45) is 0.783. The second-order valence-corrected chi connectivity index (χ2v) is 5.88. The molecule has 0 aliphatic heterocycles. The van der Waals surface area contributed by atoms with Crippen LogP contribution in [0.4, 0.5) is 5.69 Å². The molecule has 128 valence electrons. The van der Waals surface area contributed by atoms with Crippen molar-refractivity contribution in [3.63, 3.8) is 0 Å². The van der Waals surface area contributed by atoms with Gasteiger partial charge in [-0.05, 0) is 11.6 Å². The minimum atomic E-state index is -0.442. The minimum absolute atomic E-state index is 0.0152. The molecule has 0 atom stereocenters. The molecule has 3 aromatic rings. The van der Waals surface area contributed by atoms with E-state index in [1.165, 1.54) is 12.1 Å². The summed E-state index contributed by atoms with van der Waals surface area (Å²) in [6, 6.07) is 14.3. The van der Waals surface area contributed by atoms with Gasteiger partial charge in [-0.1, -0.05) is 30.3 Å². The molecule has 0 unspecified atom stereocenters. The van der Waals surface area contributed by atoms with Crippen molar-refractivity contribution in [2.45, 2.75) is 19.4 Å². The highest BCUT2D eigenvalue weighted by atomic mass is 16.6. The van der Waals surface area contributed by atoms with Crippen LogP contribution < -0.4 is 0 Å². The van der Waals surface area contributed by atoms with E-state index in [2.05, 4.69) is 9.97 Å². The van der Waals surface area contributed by atoms with Gasteiger partial charge in [-0.15, -0.1) is 0 Å². The maximum atomic E-state index is 12.3. The summed E-state index contributed by atoms with van der Waals surface area (Å²) in [6.45, 7) is 0.562. The first-order valence-electron chi connectivity index (χ1n) is 7.94. The number of nitrogens with one attached hydrogen (secondary N) is 1. The Hall–Kier alpha value is -3.22. The molecular weight excluding hydrogens is 320 g/mol. The van der Waals surface area contributed by atoms with E-state index in [-0.39, 0.29) is 11.6 Å². The Morgan fingerprint density at radius 1 is 1.24 bits per heavy atom. The van der Waals surface area contributed by atoms with E-state index >= 15 is 0 Å². The molecule has 0 radical (unpaired) electrons. The van der Waals surface area contributed by atoms with Crippen molar-refractivity contribution in [2.24, 2.45) is 0 Å². The third-order valence-corrected chi connectivity index (χ3v) is 3.99. The van der Waals surface area contributed by atoms with Gasteiger partial charge in [-0.2, -0.15) is 0 Å². The number of imidazole rings is 1. The lowest BCUT2D eigenvalue weighted by atomic mass is 10.2. The molecule has 1 N–H and O–H groups in total. The Morgan fingerprint density at radius 3 is 2.72 bits per heavy atom. The number of fused-ring (bicyclic) bond motifs is 1. The number of rotatable bonds is 6. The zero-order valence-electron chi connectivity index (χ0n) is 13.8. The lowest BCUT2D eigenvalue weighted by Crippen LogP contribution is -2.26. The lowest BCUT2D eigenvalue weighted by molar-refractivity contribution is -0.384. The van der Waals surface area contributed by atoms with Crippen LogP contribution in [0.1, 0.15) is 17.8 Å². The first-order chi connectivity index (χ1) is 12.0. The predicted octanol–water partition coefficient (Wildman–Crippen LogP) is 3.06. The average Bonchev–Trinajstić information content (AvgIpc) is 3.02. The molecule has 2 aromatic carbocycles. The van der Waals surface area contributed by atoms with E-state index < -0.39 is 4.92 Å². The second-order valence-electron chi connectivity index (χ2n) is 5.88. The van der Waals surface area contributed by atoms with Gasteiger partial charge in [-0.25, -0.2) is 4.98 Å². The largest absolute Gasteiger partial charge is 0.342 e. The van der Waals surface area contributed by atoms with Crippen molar-refractivity contribution in [3.05, 3.63) is 70.0 Å². The van der Waals surface area contributed by atoms with Gasteiger partial charge < -0.3 is 9.88 Å². The van der Waals surface area contributed by atoms with Crippen LogP contribution >= 0.6 is 0 Å². The first kappa shape index (κ1) is 16.6. The molecule has 0 fully saturated rings. The summed E-state index contributed by atoms with van der Waals surface area (Å²) in [5, 5.41) is 10.8. The Balaban J connectivity index is 1.61. The van der Waals surface area contributed by atoms with E-state index in [1.807, 2.05) is 30.3 Å². The fraction of sp³-hybridized carbons (Fsp3) is 0.222. The van der Waals surface area contributed by atoms with Crippen LogP contribution in [0.15, 0.2) is 48.5 Å². The third kappa shape index (κ3) is 4.00. The van der Waals surface area contributed by atoms with Crippen LogP contribution in [0.5, 0.6) is 0 Å². The van der Waals surface area contributed by atoms with Crippen molar-refractivity contribution in [2.75, 3.05) is 7.05 Å². The maximum Gasteiger partial charge on any atom is 0.271 e. The zero-order chi connectivity index (χ0) is 17.8. The maximum absolute atomic E-state index is 12.3. The van der Waals surface area contributed by atoms with Crippen LogP contribution in [0.2, 0.25) is 0 Å². The van der Waals surface area contributed by atoms with Gasteiger partial charge in [-0.3, -0.25) is 14.9 Å². The summed E-state index contributed by atoms with van der Waals surface area (Å²) in [7, 11) is 1.78. The number of carbonyl (C=O) groups excluding carboxylic acids is 1. The van der Waals surface area contributed by atoms with Crippen LogP contribution in [0.3, 0.4) is 0 Å². The fourth-order valence-corrected chi connectivity index (χ4v) is 2.64. The predicted molar refractivity (Wildman–Crippen MR) is 94.0 cm³/mol. The fourth-order valence-electron chi connectivity index (χ4n) is 2.64. The first-order valence-corrected chi connectivity index (χ1v) is 7.94. The van der Waals surface area contributed by atoms with Gasteiger partial charge in [0.05, 0.1) is 16.0 Å². The number of aryl methyl sites for hydroxylation is 1. The molecule has 7 nitrogen and oxygen atoms in total. The molecule has 0 bridgehead atoms. The monoisotopic (exact) mass is 338 g/mol. The standard InChI is InChI=1S/C18H18N4O3/c1-21(12-13-5-3-2-4-6-13)18(23)10-9-17-19-15-8-7-14(22(24)25)11-16(15)20-17/h2-8,11H,9-10,12H2,1H3,(H,19,20). The van der Waals surface area contributed by atoms with Crippen molar-refractivity contribution >= 4 is 22.6 Å². The number of aromatic nitrogens is 2. The normalized spacial score (nSPS) is 10.8. The highest BCUT2D eigenvalue weighted by molar-refractivity contribution is 5.78. The smallest absolute Gasteiger partial charge is 0.271 e. The number of amides is 1. The van der Waals surface area contributed by atoms with Crippen molar-refractivity contribution in [1.82, 2.24) is 14.9 Å². The lowest BCUT2D eigenvalue weighted by Gasteiger charge is -2.16. The van der Waals surface area contributed by atoms with E-state index in [9.17, 15) is 14.9 Å². The Kier molecular flexibility index (Phi) is 4.74. The van der Waals surface area contributed by atoms with Crippen LogP contribution in [0.25, 0.3) is 11.0 Å². The average molecular weight is 338 g/mol. The van der Waals surface area contributed by atoms with Gasteiger partial charge in [0, 0.05) is 38.6 Å². The van der Waals surface area contributed by atoms with Gasteiger partial charge in [0.25, 0.3) is 5.69 Å². The molecule has 0 aliphatic carbocycles. The summed E-state index contributed by atoms with van der Waals surface area (Å²) < 4.78 is 0. The van der Waals surface area contributed by atoms with Gasteiger partial charge in [0.1, 0.15) is 5.82 Å². The number of aromatic amines is 1. The molecule has 25 heavy (non-hydrogen) atoms. The number of nitro groups is 1. The molecule has 0 saturated heterocycles. The molecule has 0 spiro atoms. The molecule has 0 saturated carbocycles. The van der Waals surface area contributed by atoms with Gasteiger partial charge in [0.2, 0.25) is 5.91 Å². The highest BCUT2D eigenvalue weighted by Crippen LogP contribution is 2.19. The Labute approximate surface area is 144 Å². The van der Waals surface area contributed by atoms with Gasteiger partial charge in [0.15, 0.2) is 0 Å². The van der Waals surface area contributed by atoms with Gasteiger partial charge >= 0.3 is 0 Å². The summed E-state index contributed by atoms with van der Waals surface area (Å²) >= 11 is 0. The van der Waals surface area contributed by atoms with Crippen LogP contribution in [-0.2, 0) is 17.8 Å². The summed E-state index contributed by atoms with van der Waals surface area (Å²) in [5.41, 5.74) is 2.36. The quantitative estimate of drug-likeness (QED) is 0.552. The molecule has 7 heteroatoms. The topological polar surface area (TPSA) is 92.1 Å². The number of hydrogen-bond donors (Lipinski definition) is 1. The number of hydrogen-bond acceptors (Lipinski definition) is 4.